The zero-order valence-corrected chi connectivity index (χ0v) is 14.2. The molecule has 0 bridgehead atoms. The molecule has 0 amide bonds. The van der Waals surface area contributed by atoms with Gasteiger partial charge in [-0.25, -0.2) is 9.67 Å². The highest BCUT2D eigenvalue weighted by Gasteiger charge is 2.28. The van der Waals surface area contributed by atoms with Gasteiger partial charge in [-0.15, -0.1) is 0 Å². The summed E-state index contributed by atoms with van der Waals surface area (Å²) in [5, 5.41) is 8.82. The molecule has 0 N–H and O–H groups in total. The van der Waals surface area contributed by atoms with Crippen LogP contribution in [0, 0.1) is 13.8 Å². The molecule has 1 aliphatic heterocycles. The van der Waals surface area contributed by atoms with Crippen LogP contribution < -0.4 is 4.90 Å². The van der Waals surface area contributed by atoms with E-state index in [4.69, 9.17) is 4.98 Å². The summed E-state index contributed by atoms with van der Waals surface area (Å²) < 4.78 is 3.70. The van der Waals surface area contributed by atoms with E-state index in [0.717, 1.165) is 42.4 Å². The molecule has 0 aromatic carbocycles. The molecule has 7 nitrogen and oxygen atoms in total. The van der Waals surface area contributed by atoms with Crippen LogP contribution in [0.25, 0.3) is 5.82 Å². The first-order chi connectivity index (χ1) is 11.6. The smallest absolute Gasteiger partial charge is 0.174 e. The number of hydrogen-bond acceptors (Lipinski definition) is 5. The molecule has 24 heavy (non-hydrogen) atoms. The van der Waals surface area contributed by atoms with Crippen LogP contribution in [0.2, 0.25) is 0 Å². The predicted molar refractivity (Wildman–Crippen MR) is 91.2 cm³/mol. The molecule has 3 aromatic rings. The van der Waals surface area contributed by atoms with Gasteiger partial charge < -0.3 is 4.90 Å². The Morgan fingerprint density at radius 2 is 1.96 bits per heavy atom. The summed E-state index contributed by atoms with van der Waals surface area (Å²) in [6.07, 6.45) is 9.88. The van der Waals surface area contributed by atoms with E-state index in [0.29, 0.717) is 6.04 Å². The monoisotopic (exact) mass is 323 g/mol. The predicted octanol–water partition coefficient (Wildman–Crippen LogP) is 2.35. The molecule has 7 heteroatoms. The Morgan fingerprint density at radius 3 is 2.67 bits per heavy atom. The third kappa shape index (κ3) is 2.55. The lowest BCUT2D eigenvalue weighted by Crippen LogP contribution is -2.24. The van der Waals surface area contributed by atoms with Crippen LogP contribution in [0.3, 0.4) is 0 Å². The fourth-order valence-corrected chi connectivity index (χ4v) is 3.45. The zero-order valence-electron chi connectivity index (χ0n) is 14.2. The summed E-state index contributed by atoms with van der Waals surface area (Å²) in [6, 6.07) is 2.35. The van der Waals surface area contributed by atoms with Crippen molar-refractivity contribution in [3.05, 3.63) is 47.8 Å². The Hall–Kier alpha value is -2.70. The maximum Gasteiger partial charge on any atom is 0.174 e. The molecular formula is C17H21N7. The van der Waals surface area contributed by atoms with E-state index in [1.165, 1.54) is 5.56 Å². The van der Waals surface area contributed by atoms with Crippen molar-refractivity contribution in [1.29, 1.82) is 0 Å². The molecule has 1 fully saturated rings. The van der Waals surface area contributed by atoms with Crippen molar-refractivity contribution in [2.45, 2.75) is 32.7 Å². The van der Waals surface area contributed by atoms with Crippen LogP contribution in [0.5, 0.6) is 0 Å². The van der Waals surface area contributed by atoms with E-state index in [9.17, 15) is 0 Å². The Labute approximate surface area is 141 Å². The van der Waals surface area contributed by atoms with E-state index in [1.54, 1.807) is 6.20 Å². The van der Waals surface area contributed by atoms with Crippen molar-refractivity contribution >= 4 is 5.82 Å². The van der Waals surface area contributed by atoms with Crippen LogP contribution in [-0.4, -0.2) is 36.1 Å². The van der Waals surface area contributed by atoms with Gasteiger partial charge in [0.1, 0.15) is 5.82 Å². The molecule has 1 aliphatic rings. The standard InChI is InChI=1S/C17H21N7/c1-12-7-13(2)24(21-12)17-10-18-9-16(20-17)23-6-4-5-15(23)14-8-19-22(3)11-14/h7-11,15H,4-6H2,1-3H3. The third-order valence-electron chi connectivity index (χ3n) is 4.49. The minimum absolute atomic E-state index is 0.309. The Balaban J connectivity index is 1.69. The molecular weight excluding hydrogens is 302 g/mol. The second-order valence-corrected chi connectivity index (χ2v) is 6.37. The van der Waals surface area contributed by atoms with Crippen molar-refractivity contribution in [2.24, 2.45) is 7.05 Å². The topological polar surface area (TPSA) is 64.7 Å². The van der Waals surface area contributed by atoms with Gasteiger partial charge in [0.2, 0.25) is 0 Å². The molecule has 0 spiro atoms. The molecule has 3 aromatic heterocycles. The summed E-state index contributed by atoms with van der Waals surface area (Å²) in [5.41, 5.74) is 3.27. The first-order valence-electron chi connectivity index (χ1n) is 8.23. The van der Waals surface area contributed by atoms with Crippen molar-refractivity contribution < 1.29 is 0 Å². The van der Waals surface area contributed by atoms with E-state index >= 15 is 0 Å². The largest absolute Gasteiger partial charge is 0.348 e. The number of aromatic nitrogens is 6. The zero-order chi connectivity index (χ0) is 16.7. The summed E-state index contributed by atoms with van der Waals surface area (Å²) in [7, 11) is 1.95. The highest BCUT2D eigenvalue weighted by molar-refractivity contribution is 5.44. The van der Waals surface area contributed by atoms with Gasteiger partial charge in [-0.3, -0.25) is 9.67 Å². The Bertz CT molecular complexity index is 863. The summed E-state index contributed by atoms with van der Waals surface area (Å²) in [5.74, 6) is 1.65. The fraction of sp³-hybridized carbons (Fsp3) is 0.412. The van der Waals surface area contributed by atoms with Gasteiger partial charge >= 0.3 is 0 Å². The lowest BCUT2D eigenvalue weighted by Gasteiger charge is -2.25. The Kier molecular flexibility index (Phi) is 3.55. The van der Waals surface area contributed by atoms with Crippen molar-refractivity contribution in [2.75, 3.05) is 11.4 Å². The number of nitrogens with zero attached hydrogens (tertiary/aromatic N) is 7. The number of aryl methyl sites for hydroxylation is 3. The molecule has 0 aliphatic carbocycles. The fourth-order valence-electron chi connectivity index (χ4n) is 3.45. The lowest BCUT2D eigenvalue weighted by molar-refractivity contribution is 0.701. The van der Waals surface area contributed by atoms with E-state index in [-0.39, 0.29) is 0 Å². The quantitative estimate of drug-likeness (QED) is 0.740. The molecule has 0 radical (unpaired) electrons. The molecule has 1 unspecified atom stereocenters. The van der Waals surface area contributed by atoms with Gasteiger partial charge in [-0.1, -0.05) is 0 Å². The highest BCUT2D eigenvalue weighted by Crippen LogP contribution is 2.34. The highest BCUT2D eigenvalue weighted by atomic mass is 15.3. The Morgan fingerprint density at radius 1 is 1.12 bits per heavy atom. The normalized spacial score (nSPS) is 17.6. The van der Waals surface area contributed by atoms with Crippen molar-refractivity contribution in [3.8, 4) is 5.82 Å². The average molecular weight is 323 g/mol. The second-order valence-electron chi connectivity index (χ2n) is 6.37. The SMILES string of the molecule is Cc1cc(C)n(-c2cncc(N3CCCC3c3cnn(C)c3)n2)n1. The molecule has 0 saturated carbocycles. The van der Waals surface area contributed by atoms with E-state index in [1.807, 2.05) is 48.7 Å². The van der Waals surface area contributed by atoms with Crippen molar-refractivity contribution in [1.82, 2.24) is 29.5 Å². The van der Waals surface area contributed by atoms with Gasteiger partial charge in [-0.05, 0) is 32.8 Å². The van der Waals surface area contributed by atoms with Crippen LogP contribution in [-0.2, 0) is 7.05 Å². The molecule has 4 heterocycles. The molecule has 124 valence electrons. The van der Waals surface area contributed by atoms with Gasteiger partial charge in [0, 0.05) is 31.0 Å². The average Bonchev–Trinajstić information content (AvgIpc) is 3.27. The van der Waals surface area contributed by atoms with Crippen molar-refractivity contribution in [3.63, 3.8) is 0 Å². The van der Waals surface area contributed by atoms with Crippen LogP contribution in [0.1, 0.15) is 35.8 Å². The first kappa shape index (κ1) is 14.9. The third-order valence-corrected chi connectivity index (χ3v) is 4.49. The summed E-state index contributed by atoms with van der Waals surface area (Å²) >= 11 is 0. The van der Waals surface area contributed by atoms with Crippen LogP contribution in [0.15, 0.2) is 30.9 Å². The van der Waals surface area contributed by atoms with Gasteiger partial charge in [0.15, 0.2) is 5.82 Å². The van der Waals surface area contributed by atoms with E-state index in [2.05, 4.69) is 26.3 Å². The minimum Gasteiger partial charge on any atom is -0.348 e. The summed E-state index contributed by atoms with van der Waals surface area (Å²) in [4.78, 5) is 11.5. The number of hydrogen-bond donors (Lipinski definition) is 0. The lowest BCUT2D eigenvalue weighted by atomic mass is 10.1. The first-order valence-corrected chi connectivity index (χ1v) is 8.23. The maximum atomic E-state index is 4.82. The van der Waals surface area contributed by atoms with Crippen LogP contribution >= 0.6 is 0 Å². The molecule has 1 saturated heterocycles. The van der Waals surface area contributed by atoms with Gasteiger partial charge in [-0.2, -0.15) is 10.2 Å². The second kappa shape index (κ2) is 5.74. The van der Waals surface area contributed by atoms with Gasteiger partial charge in [0.05, 0.1) is 30.3 Å². The van der Waals surface area contributed by atoms with Gasteiger partial charge in [0.25, 0.3) is 0 Å². The summed E-state index contributed by atoms with van der Waals surface area (Å²) in [6.45, 7) is 5.00. The van der Waals surface area contributed by atoms with Crippen LogP contribution in [0.4, 0.5) is 5.82 Å². The van der Waals surface area contributed by atoms with E-state index < -0.39 is 0 Å². The maximum absolute atomic E-state index is 4.82. The number of anilines is 1. The molecule has 1 atom stereocenters. The minimum atomic E-state index is 0.309. The number of rotatable bonds is 3. The molecule has 4 rings (SSSR count).